The first-order valence-electron chi connectivity index (χ1n) is 19.7. The van der Waals surface area contributed by atoms with Crippen molar-refractivity contribution in [2.45, 2.75) is 200 Å². The van der Waals surface area contributed by atoms with Gasteiger partial charge in [-0.2, -0.15) is 0 Å². The van der Waals surface area contributed by atoms with Gasteiger partial charge in [-0.1, -0.05) is 167 Å². The van der Waals surface area contributed by atoms with Gasteiger partial charge in [0.15, 0.2) is 0 Å². The van der Waals surface area contributed by atoms with E-state index >= 15 is 0 Å². The Hall–Kier alpha value is -0.980. The van der Waals surface area contributed by atoms with Crippen molar-refractivity contribution >= 4 is 13.8 Å². The third-order valence-corrected chi connectivity index (χ3v) is 8.99. The first-order valence-corrected chi connectivity index (χ1v) is 21.2. The van der Waals surface area contributed by atoms with Gasteiger partial charge in [0.1, 0.15) is 6.10 Å². The second-order valence-electron chi connectivity index (χ2n) is 13.3. The second kappa shape index (κ2) is 36.3. The fourth-order valence-electron chi connectivity index (χ4n) is 5.59. The smallest absolute Gasteiger partial charge is 0.457 e. The Kier molecular flexibility index (Phi) is 35.5. The van der Waals surface area contributed by atoms with Crippen LogP contribution in [0.4, 0.5) is 0 Å². The molecular weight excluding hydrogens is 611 g/mol. The average Bonchev–Trinajstić information content (AvgIpc) is 3.04. The number of hydrogen-bond acceptors (Lipinski definition) is 5. The Labute approximate surface area is 290 Å². The van der Waals surface area contributed by atoms with Crippen LogP contribution in [0.3, 0.4) is 0 Å². The lowest BCUT2D eigenvalue weighted by Crippen LogP contribution is -2.28. The standard InChI is InChI=1S/C39H75O7P/c1-3-5-7-9-11-13-15-17-19-20-21-22-24-26-28-30-32-34-39(40)46-38(37-45-47(41,42)43)36-44-35-33-31-29-27-25-23-18-16-14-12-10-8-6-4-2/h11,13,17,19,38H,3-10,12,14-16,18,20-37H2,1-2H3,(H2,41,42,43)/b13-11-,19-17-/t38-/m1/s1. The van der Waals surface area contributed by atoms with Gasteiger partial charge in [-0.05, 0) is 44.9 Å². The summed E-state index contributed by atoms with van der Waals surface area (Å²) in [7, 11) is -4.65. The van der Waals surface area contributed by atoms with Crippen molar-refractivity contribution in [2.75, 3.05) is 19.8 Å². The zero-order valence-electron chi connectivity index (χ0n) is 30.7. The number of rotatable bonds is 37. The van der Waals surface area contributed by atoms with Crippen LogP contribution in [0.25, 0.3) is 0 Å². The summed E-state index contributed by atoms with van der Waals surface area (Å²) >= 11 is 0. The number of hydrogen-bond donors (Lipinski definition) is 2. The highest BCUT2D eigenvalue weighted by Crippen LogP contribution is 2.36. The molecule has 8 heteroatoms. The number of phosphoric ester groups is 1. The maximum Gasteiger partial charge on any atom is 0.469 e. The minimum absolute atomic E-state index is 0.0785. The minimum Gasteiger partial charge on any atom is -0.457 e. The maximum absolute atomic E-state index is 12.4. The highest BCUT2D eigenvalue weighted by atomic mass is 31.2. The molecule has 0 spiro atoms. The zero-order chi connectivity index (χ0) is 34.5. The van der Waals surface area contributed by atoms with Crippen LogP contribution >= 0.6 is 7.82 Å². The lowest BCUT2D eigenvalue weighted by molar-refractivity contribution is -0.154. The topological polar surface area (TPSA) is 102 Å². The van der Waals surface area contributed by atoms with Crippen molar-refractivity contribution in [2.24, 2.45) is 0 Å². The zero-order valence-corrected chi connectivity index (χ0v) is 31.6. The fraction of sp³-hybridized carbons (Fsp3) is 0.872. The Morgan fingerprint density at radius 3 is 1.51 bits per heavy atom. The van der Waals surface area contributed by atoms with E-state index in [0.29, 0.717) is 13.0 Å². The van der Waals surface area contributed by atoms with Gasteiger partial charge in [0.2, 0.25) is 0 Å². The number of carbonyl (C=O) groups is 1. The van der Waals surface area contributed by atoms with E-state index in [0.717, 1.165) is 44.9 Å². The molecule has 0 aromatic rings. The first-order chi connectivity index (χ1) is 22.9. The third-order valence-electron chi connectivity index (χ3n) is 8.50. The Morgan fingerprint density at radius 2 is 1.00 bits per heavy atom. The normalized spacial score (nSPS) is 12.9. The fourth-order valence-corrected chi connectivity index (χ4v) is 5.95. The van der Waals surface area contributed by atoms with Gasteiger partial charge >= 0.3 is 13.8 Å². The van der Waals surface area contributed by atoms with E-state index in [2.05, 4.69) is 42.7 Å². The lowest BCUT2D eigenvalue weighted by atomic mass is 10.0. The maximum atomic E-state index is 12.4. The molecule has 0 saturated carbocycles. The molecule has 278 valence electrons. The summed E-state index contributed by atoms with van der Waals surface area (Å²) in [6.45, 7) is 4.74. The molecule has 0 amide bonds. The molecule has 0 aliphatic heterocycles. The van der Waals surface area contributed by atoms with E-state index in [-0.39, 0.29) is 19.2 Å². The van der Waals surface area contributed by atoms with E-state index in [4.69, 9.17) is 19.3 Å². The number of carbonyl (C=O) groups excluding carboxylic acids is 1. The van der Waals surface area contributed by atoms with Gasteiger partial charge < -0.3 is 19.3 Å². The first kappa shape index (κ1) is 46.0. The summed E-state index contributed by atoms with van der Waals surface area (Å²) in [5, 5.41) is 0. The summed E-state index contributed by atoms with van der Waals surface area (Å²) in [6.07, 6.45) is 41.6. The highest BCUT2D eigenvalue weighted by Gasteiger charge is 2.21. The number of unbranched alkanes of at least 4 members (excludes halogenated alkanes) is 23. The number of esters is 1. The molecule has 1 atom stereocenters. The Bertz CT molecular complexity index is 764. The molecule has 7 nitrogen and oxygen atoms in total. The van der Waals surface area contributed by atoms with E-state index in [1.54, 1.807) is 0 Å². The summed E-state index contributed by atoms with van der Waals surface area (Å²) in [5.74, 6) is -0.369. The van der Waals surface area contributed by atoms with Crippen LogP contribution in [-0.2, 0) is 23.4 Å². The molecule has 0 bridgehead atoms. The van der Waals surface area contributed by atoms with Crippen LogP contribution in [-0.4, -0.2) is 41.7 Å². The lowest BCUT2D eigenvalue weighted by Gasteiger charge is -2.18. The van der Waals surface area contributed by atoms with Crippen LogP contribution in [0.2, 0.25) is 0 Å². The summed E-state index contributed by atoms with van der Waals surface area (Å²) in [5.41, 5.74) is 0. The van der Waals surface area contributed by atoms with Gasteiger partial charge in [0.05, 0.1) is 13.2 Å². The van der Waals surface area contributed by atoms with Crippen molar-refractivity contribution in [3.05, 3.63) is 24.3 Å². The molecule has 0 unspecified atom stereocenters. The van der Waals surface area contributed by atoms with E-state index in [9.17, 15) is 9.36 Å². The van der Waals surface area contributed by atoms with Gasteiger partial charge in [0.25, 0.3) is 0 Å². The SMILES string of the molecule is CCCCC/C=C\C/C=C\CCCCCCCCCC(=O)O[C@H](COCCCCCCCCCCCCCCCC)COP(=O)(O)O. The molecule has 0 aromatic heterocycles. The predicted octanol–water partition coefficient (Wildman–Crippen LogP) is 12.1. The van der Waals surface area contributed by atoms with Gasteiger partial charge in [-0.15, -0.1) is 0 Å². The van der Waals surface area contributed by atoms with Crippen molar-refractivity contribution in [3.63, 3.8) is 0 Å². The summed E-state index contributed by atoms with van der Waals surface area (Å²) < 4.78 is 26.9. The molecule has 0 aliphatic rings. The Morgan fingerprint density at radius 1 is 0.574 bits per heavy atom. The van der Waals surface area contributed by atoms with Gasteiger partial charge in [-0.25, -0.2) is 4.57 Å². The van der Waals surface area contributed by atoms with Gasteiger partial charge in [0, 0.05) is 13.0 Å². The molecule has 0 fully saturated rings. The Balaban J connectivity index is 3.82. The average molecular weight is 687 g/mol. The summed E-state index contributed by atoms with van der Waals surface area (Å²) in [6, 6.07) is 0. The van der Waals surface area contributed by atoms with Gasteiger partial charge in [-0.3, -0.25) is 9.32 Å². The molecule has 0 rings (SSSR count). The van der Waals surface area contributed by atoms with Crippen molar-refractivity contribution in [1.82, 2.24) is 0 Å². The third kappa shape index (κ3) is 39.3. The molecule has 0 aliphatic carbocycles. The molecule has 0 heterocycles. The van der Waals surface area contributed by atoms with E-state index < -0.39 is 13.9 Å². The van der Waals surface area contributed by atoms with Crippen molar-refractivity contribution in [1.29, 1.82) is 0 Å². The quantitative estimate of drug-likeness (QED) is 0.0290. The van der Waals surface area contributed by atoms with E-state index in [1.165, 1.54) is 128 Å². The van der Waals surface area contributed by atoms with Crippen molar-refractivity contribution < 1.29 is 33.1 Å². The van der Waals surface area contributed by atoms with Crippen molar-refractivity contribution in [3.8, 4) is 0 Å². The van der Waals surface area contributed by atoms with Crippen LogP contribution < -0.4 is 0 Å². The van der Waals surface area contributed by atoms with Crippen LogP contribution in [0.5, 0.6) is 0 Å². The second-order valence-corrected chi connectivity index (χ2v) is 14.5. The minimum atomic E-state index is -4.65. The number of phosphoric acid groups is 1. The molecule has 0 saturated heterocycles. The number of ether oxygens (including phenoxy) is 2. The predicted molar refractivity (Wildman–Crippen MR) is 198 cm³/mol. The highest BCUT2D eigenvalue weighted by molar-refractivity contribution is 7.46. The summed E-state index contributed by atoms with van der Waals surface area (Å²) in [4.78, 5) is 30.5. The molecule has 0 aromatic carbocycles. The molecular formula is C39H75O7P. The molecule has 2 N–H and O–H groups in total. The molecule has 0 radical (unpaired) electrons. The largest absolute Gasteiger partial charge is 0.469 e. The van der Waals surface area contributed by atoms with Crippen LogP contribution in [0.15, 0.2) is 24.3 Å². The molecule has 47 heavy (non-hydrogen) atoms. The monoisotopic (exact) mass is 687 g/mol. The van der Waals surface area contributed by atoms with E-state index in [1.807, 2.05) is 0 Å². The number of allylic oxidation sites excluding steroid dienone is 4. The van der Waals surface area contributed by atoms with Crippen LogP contribution in [0.1, 0.15) is 194 Å². The van der Waals surface area contributed by atoms with Crippen LogP contribution in [0, 0.1) is 0 Å².